The number of likely N-dealkylation sites (N-methyl/N-ethyl adjacent to an activating group) is 1. The van der Waals surface area contributed by atoms with Crippen LogP contribution in [-0.2, 0) is 0 Å². The van der Waals surface area contributed by atoms with Crippen LogP contribution in [0.15, 0.2) is 0 Å². The summed E-state index contributed by atoms with van der Waals surface area (Å²) >= 11 is 0. The predicted octanol–water partition coefficient (Wildman–Crippen LogP) is -0.482. The number of hydrogen-bond acceptors (Lipinski definition) is 3. The van der Waals surface area contributed by atoms with Gasteiger partial charge in [0.05, 0.1) is 0 Å². The second kappa shape index (κ2) is 4.04. The van der Waals surface area contributed by atoms with Crippen LogP contribution in [0.25, 0.3) is 0 Å². The Kier molecular flexibility index (Phi) is 3.30. The minimum Gasteiger partial charge on any atom is -0.396 e. The van der Waals surface area contributed by atoms with Crippen LogP contribution in [0.5, 0.6) is 0 Å². The molecule has 1 saturated heterocycles. The average molecular weight is 158 g/mol. The molecule has 0 spiro atoms. The third kappa shape index (κ3) is 2.15. The second-order valence-electron chi connectivity index (χ2n) is 3.46. The lowest BCUT2D eigenvalue weighted by molar-refractivity contribution is 0.202. The van der Waals surface area contributed by atoms with E-state index in [9.17, 15) is 0 Å². The molecular formula is C8H18N2O. The molecule has 2 N–H and O–H groups in total. The molecular weight excluding hydrogens is 140 g/mol. The van der Waals surface area contributed by atoms with Crippen molar-refractivity contribution in [2.75, 3.05) is 33.8 Å². The SMILES string of the molecule is CN(C)C1CNCC1CCO. The molecule has 11 heavy (non-hydrogen) atoms. The monoisotopic (exact) mass is 158 g/mol. The van der Waals surface area contributed by atoms with Crippen LogP contribution in [0.2, 0.25) is 0 Å². The highest BCUT2D eigenvalue weighted by atomic mass is 16.3. The van der Waals surface area contributed by atoms with E-state index in [1.165, 1.54) is 0 Å². The zero-order valence-electron chi connectivity index (χ0n) is 7.38. The molecule has 2 unspecified atom stereocenters. The van der Waals surface area contributed by atoms with E-state index in [0.29, 0.717) is 18.6 Å². The Hall–Kier alpha value is -0.120. The molecule has 1 heterocycles. The highest BCUT2D eigenvalue weighted by molar-refractivity contribution is 4.85. The van der Waals surface area contributed by atoms with E-state index in [1.807, 2.05) is 0 Å². The Morgan fingerprint density at radius 3 is 2.73 bits per heavy atom. The molecule has 66 valence electrons. The minimum absolute atomic E-state index is 0.316. The molecule has 0 aliphatic carbocycles. The van der Waals surface area contributed by atoms with Crippen LogP contribution in [0.3, 0.4) is 0 Å². The smallest absolute Gasteiger partial charge is 0.0434 e. The van der Waals surface area contributed by atoms with Gasteiger partial charge in [0.15, 0.2) is 0 Å². The number of rotatable bonds is 3. The van der Waals surface area contributed by atoms with Crippen LogP contribution in [0.4, 0.5) is 0 Å². The van der Waals surface area contributed by atoms with Gasteiger partial charge in [-0.2, -0.15) is 0 Å². The Morgan fingerprint density at radius 2 is 2.18 bits per heavy atom. The molecule has 0 saturated carbocycles. The standard InChI is InChI=1S/C8H18N2O/c1-10(2)8-6-9-5-7(8)3-4-11/h7-9,11H,3-6H2,1-2H3. The summed E-state index contributed by atoms with van der Waals surface area (Å²) in [7, 11) is 4.20. The van der Waals surface area contributed by atoms with Gasteiger partial charge in [0.2, 0.25) is 0 Å². The summed E-state index contributed by atoms with van der Waals surface area (Å²) in [5, 5.41) is 12.1. The Balaban J connectivity index is 2.37. The molecule has 0 aromatic carbocycles. The van der Waals surface area contributed by atoms with E-state index in [1.54, 1.807) is 0 Å². The van der Waals surface area contributed by atoms with Crippen molar-refractivity contribution in [1.29, 1.82) is 0 Å². The fraction of sp³-hybridized carbons (Fsp3) is 1.00. The first-order valence-electron chi connectivity index (χ1n) is 4.23. The number of hydrogen-bond donors (Lipinski definition) is 2. The van der Waals surface area contributed by atoms with Gasteiger partial charge in [-0.15, -0.1) is 0 Å². The van der Waals surface area contributed by atoms with Crippen LogP contribution in [-0.4, -0.2) is 49.8 Å². The molecule has 1 rings (SSSR count). The average Bonchev–Trinajstić information content (AvgIpc) is 2.36. The van der Waals surface area contributed by atoms with Crippen molar-refractivity contribution >= 4 is 0 Å². The lowest BCUT2D eigenvalue weighted by Gasteiger charge is -2.24. The summed E-state index contributed by atoms with van der Waals surface area (Å²) in [5.41, 5.74) is 0. The second-order valence-corrected chi connectivity index (χ2v) is 3.46. The zero-order valence-corrected chi connectivity index (χ0v) is 7.38. The maximum Gasteiger partial charge on any atom is 0.0434 e. The number of aliphatic hydroxyl groups excluding tert-OH is 1. The first-order chi connectivity index (χ1) is 5.25. The normalized spacial score (nSPS) is 31.6. The summed E-state index contributed by atoms with van der Waals surface area (Å²) in [4.78, 5) is 2.24. The van der Waals surface area contributed by atoms with Gasteiger partial charge >= 0.3 is 0 Å². The van der Waals surface area contributed by atoms with Crippen molar-refractivity contribution in [3.05, 3.63) is 0 Å². The molecule has 1 aliphatic rings. The van der Waals surface area contributed by atoms with Crippen molar-refractivity contribution in [2.45, 2.75) is 12.5 Å². The largest absolute Gasteiger partial charge is 0.396 e. The van der Waals surface area contributed by atoms with Gasteiger partial charge in [-0.3, -0.25) is 0 Å². The summed E-state index contributed by atoms with van der Waals surface area (Å²) in [6.45, 7) is 2.44. The van der Waals surface area contributed by atoms with Crippen molar-refractivity contribution in [2.24, 2.45) is 5.92 Å². The van der Waals surface area contributed by atoms with Crippen LogP contribution >= 0.6 is 0 Å². The topological polar surface area (TPSA) is 35.5 Å². The molecule has 0 radical (unpaired) electrons. The summed E-state index contributed by atoms with van der Waals surface area (Å²) in [6.07, 6.45) is 0.926. The van der Waals surface area contributed by atoms with Crippen LogP contribution < -0.4 is 5.32 Å². The predicted molar refractivity (Wildman–Crippen MR) is 45.5 cm³/mol. The quantitative estimate of drug-likeness (QED) is 0.582. The molecule has 0 aromatic heterocycles. The van der Waals surface area contributed by atoms with Crippen LogP contribution in [0, 0.1) is 5.92 Å². The highest BCUT2D eigenvalue weighted by Crippen LogP contribution is 2.16. The summed E-state index contributed by atoms with van der Waals surface area (Å²) in [5.74, 6) is 0.634. The zero-order chi connectivity index (χ0) is 8.27. The summed E-state index contributed by atoms with van der Waals surface area (Å²) < 4.78 is 0. The maximum atomic E-state index is 8.78. The van der Waals surface area contributed by atoms with Gasteiger partial charge in [-0.1, -0.05) is 0 Å². The molecule has 3 heteroatoms. The molecule has 1 fully saturated rings. The molecule has 0 bridgehead atoms. The van der Waals surface area contributed by atoms with Gasteiger partial charge in [0, 0.05) is 19.2 Å². The lowest BCUT2D eigenvalue weighted by Crippen LogP contribution is -2.35. The van der Waals surface area contributed by atoms with Crippen molar-refractivity contribution in [3.8, 4) is 0 Å². The molecule has 1 aliphatic heterocycles. The molecule has 0 aromatic rings. The number of nitrogens with one attached hydrogen (secondary N) is 1. The summed E-state index contributed by atoms with van der Waals surface area (Å²) in [6, 6.07) is 0.613. The Bertz CT molecular complexity index is 117. The molecule has 0 amide bonds. The van der Waals surface area contributed by atoms with E-state index in [2.05, 4.69) is 24.3 Å². The van der Waals surface area contributed by atoms with Gasteiger partial charge in [0.25, 0.3) is 0 Å². The molecule has 2 atom stereocenters. The Morgan fingerprint density at radius 1 is 1.45 bits per heavy atom. The third-order valence-electron chi connectivity index (χ3n) is 2.47. The maximum absolute atomic E-state index is 8.78. The van der Waals surface area contributed by atoms with Gasteiger partial charge < -0.3 is 15.3 Å². The van der Waals surface area contributed by atoms with Crippen molar-refractivity contribution in [1.82, 2.24) is 10.2 Å². The van der Waals surface area contributed by atoms with E-state index in [-0.39, 0.29) is 0 Å². The van der Waals surface area contributed by atoms with Gasteiger partial charge in [0.1, 0.15) is 0 Å². The number of aliphatic hydroxyl groups is 1. The fourth-order valence-corrected chi connectivity index (χ4v) is 1.78. The third-order valence-corrected chi connectivity index (χ3v) is 2.47. The van der Waals surface area contributed by atoms with Gasteiger partial charge in [-0.25, -0.2) is 0 Å². The van der Waals surface area contributed by atoms with Crippen LogP contribution in [0.1, 0.15) is 6.42 Å². The highest BCUT2D eigenvalue weighted by Gasteiger charge is 2.27. The minimum atomic E-state index is 0.316. The first kappa shape index (κ1) is 8.97. The fourth-order valence-electron chi connectivity index (χ4n) is 1.78. The van der Waals surface area contributed by atoms with Crippen molar-refractivity contribution in [3.63, 3.8) is 0 Å². The van der Waals surface area contributed by atoms with Gasteiger partial charge in [-0.05, 0) is 33.0 Å². The van der Waals surface area contributed by atoms with E-state index in [4.69, 9.17) is 5.11 Å². The number of nitrogens with zero attached hydrogens (tertiary/aromatic N) is 1. The van der Waals surface area contributed by atoms with E-state index in [0.717, 1.165) is 19.5 Å². The Labute approximate surface area is 68.4 Å². The van der Waals surface area contributed by atoms with E-state index >= 15 is 0 Å². The van der Waals surface area contributed by atoms with E-state index < -0.39 is 0 Å². The van der Waals surface area contributed by atoms with Crippen molar-refractivity contribution < 1.29 is 5.11 Å². The lowest BCUT2D eigenvalue weighted by atomic mass is 10.00. The molecule has 3 nitrogen and oxygen atoms in total. The first-order valence-corrected chi connectivity index (χ1v) is 4.23.